The van der Waals surface area contributed by atoms with Crippen LogP contribution in [0.2, 0.25) is 0 Å². The van der Waals surface area contributed by atoms with Crippen molar-refractivity contribution in [2.24, 2.45) is 5.92 Å². The van der Waals surface area contributed by atoms with Crippen molar-refractivity contribution in [3.63, 3.8) is 0 Å². The molecule has 1 saturated carbocycles. The van der Waals surface area contributed by atoms with E-state index in [-0.39, 0.29) is 18.2 Å². The van der Waals surface area contributed by atoms with E-state index in [1.54, 1.807) is 0 Å². The molecule has 0 spiro atoms. The second-order valence-electron chi connectivity index (χ2n) is 10.8. The molecule has 1 aliphatic carbocycles. The maximum absolute atomic E-state index is 13.0. The molecule has 6 nitrogen and oxygen atoms in total. The molecule has 3 aromatic rings. The van der Waals surface area contributed by atoms with Crippen LogP contribution in [0.15, 0.2) is 57.8 Å². The summed E-state index contributed by atoms with van der Waals surface area (Å²) in [6.07, 6.45) is 9.21. The Bertz CT molecular complexity index is 1390. The van der Waals surface area contributed by atoms with Crippen molar-refractivity contribution in [3.05, 3.63) is 81.2 Å². The number of hydrogen-bond acceptors (Lipinski definition) is 5. The molecule has 1 N–H and O–H groups in total. The summed E-state index contributed by atoms with van der Waals surface area (Å²) in [6, 6.07) is 13.9. The van der Waals surface area contributed by atoms with Crippen LogP contribution in [0.5, 0.6) is 5.75 Å². The highest BCUT2D eigenvalue weighted by molar-refractivity contribution is 5.86. The molecular formula is C32H37NO5. The third-order valence-corrected chi connectivity index (χ3v) is 8.47. The molecule has 2 atom stereocenters. The smallest absolute Gasteiger partial charge is 0.339 e. The number of fused-ring (bicyclic) bond motifs is 2. The summed E-state index contributed by atoms with van der Waals surface area (Å²) >= 11 is 0. The van der Waals surface area contributed by atoms with E-state index in [0.29, 0.717) is 49.4 Å². The molecule has 2 aromatic carbocycles. The first kappa shape index (κ1) is 26.2. The van der Waals surface area contributed by atoms with E-state index in [1.165, 1.54) is 0 Å². The van der Waals surface area contributed by atoms with E-state index in [2.05, 4.69) is 0 Å². The van der Waals surface area contributed by atoms with Gasteiger partial charge in [0.15, 0.2) is 0 Å². The van der Waals surface area contributed by atoms with Crippen molar-refractivity contribution in [2.45, 2.75) is 64.4 Å². The Labute approximate surface area is 223 Å². The summed E-state index contributed by atoms with van der Waals surface area (Å²) in [5, 5.41) is 11.8. The molecule has 2 fully saturated rings. The van der Waals surface area contributed by atoms with Crippen molar-refractivity contribution in [3.8, 4) is 5.75 Å². The van der Waals surface area contributed by atoms with Gasteiger partial charge >= 0.3 is 5.63 Å². The minimum Gasteiger partial charge on any atom is -0.489 e. The zero-order valence-electron chi connectivity index (χ0n) is 22.4. The first-order chi connectivity index (χ1) is 18.4. The molecular weight excluding hydrogens is 478 g/mol. The fraction of sp³-hybridized carbons (Fsp3) is 0.438. The van der Waals surface area contributed by atoms with Crippen molar-refractivity contribution >= 4 is 23.0 Å². The molecule has 0 radical (unpaired) electrons. The average Bonchev–Trinajstić information content (AvgIpc) is 2.92. The molecule has 1 aliphatic heterocycles. The molecule has 0 unspecified atom stereocenters. The Morgan fingerprint density at radius 2 is 1.95 bits per heavy atom. The van der Waals surface area contributed by atoms with Crippen LogP contribution in [0.25, 0.3) is 17.0 Å². The Morgan fingerprint density at radius 1 is 1.13 bits per heavy atom. The van der Waals surface area contributed by atoms with E-state index >= 15 is 0 Å². The minimum absolute atomic E-state index is 0.0417. The highest BCUT2D eigenvalue weighted by Gasteiger charge is 2.43. The number of aryl methyl sites for hydroxylation is 2. The van der Waals surface area contributed by atoms with Gasteiger partial charge in [0.1, 0.15) is 17.9 Å². The molecule has 1 amide bonds. The van der Waals surface area contributed by atoms with E-state index in [1.807, 2.05) is 73.4 Å². The topological polar surface area (TPSA) is 80.0 Å². The van der Waals surface area contributed by atoms with Gasteiger partial charge in [-0.15, -0.1) is 0 Å². The summed E-state index contributed by atoms with van der Waals surface area (Å²) in [5.74, 6) is 0.878. The molecule has 38 heavy (non-hydrogen) atoms. The Hall–Kier alpha value is -3.38. The lowest BCUT2D eigenvalue weighted by atomic mass is 9.71. The molecule has 2 aliphatic rings. The van der Waals surface area contributed by atoms with Gasteiger partial charge in [0.05, 0.1) is 5.60 Å². The lowest BCUT2D eigenvalue weighted by Crippen LogP contribution is -2.54. The normalized spacial score (nSPS) is 21.6. The van der Waals surface area contributed by atoms with Gasteiger partial charge in [-0.3, -0.25) is 4.79 Å². The first-order valence-electron chi connectivity index (χ1n) is 13.8. The predicted octanol–water partition coefficient (Wildman–Crippen LogP) is 5.59. The molecule has 0 bridgehead atoms. The van der Waals surface area contributed by atoms with Gasteiger partial charge < -0.3 is 19.2 Å². The van der Waals surface area contributed by atoms with E-state index in [9.17, 15) is 14.7 Å². The Morgan fingerprint density at radius 3 is 2.76 bits per heavy atom. The minimum atomic E-state index is -0.607. The van der Waals surface area contributed by atoms with Crippen molar-refractivity contribution < 1.29 is 19.1 Å². The zero-order valence-corrected chi connectivity index (χ0v) is 22.4. The number of nitrogens with zero attached hydrogens (tertiary/aromatic N) is 1. The van der Waals surface area contributed by atoms with E-state index in [0.717, 1.165) is 47.8 Å². The van der Waals surface area contributed by atoms with Gasteiger partial charge in [-0.25, -0.2) is 4.79 Å². The number of carbonyl (C=O) groups excluding carboxylic acids is 1. The number of amides is 1. The molecule has 1 saturated heterocycles. The lowest BCUT2D eigenvalue weighted by molar-refractivity contribution is -0.143. The van der Waals surface area contributed by atoms with Crippen molar-refractivity contribution in [2.75, 3.05) is 19.7 Å². The van der Waals surface area contributed by atoms with Crippen LogP contribution in [-0.4, -0.2) is 41.2 Å². The monoisotopic (exact) mass is 515 g/mol. The average molecular weight is 516 g/mol. The first-order valence-corrected chi connectivity index (χ1v) is 13.8. The standard InChI is InChI=1S/C32H37NO5/c1-22-26-13-15-28(37-20-8-11-24-9-4-3-5-10-24)23(2)30(26)38-31(35)27(22)14-16-29(34)33-19-18-32(36)17-7-6-12-25(32)21-33/h3-5,8-11,13,15,25,36H,6-7,12,14,16-21H2,1-2H3/b11-8+/t25-,32-/m0/s1. The van der Waals surface area contributed by atoms with Gasteiger partial charge in [0.2, 0.25) is 5.91 Å². The van der Waals surface area contributed by atoms with Gasteiger partial charge in [-0.2, -0.15) is 0 Å². The van der Waals surface area contributed by atoms with Crippen molar-refractivity contribution in [1.29, 1.82) is 0 Å². The fourth-order valence-corrected chi connectivity index (χ4v) is 6.09. The molecule has 1 aromatic heterocycles. The van der Waals surface area contributed by atoms with Crippen molar-refractivity contribution in [1.82, 2.24) is 4.90 Å². The highest BCUT2D eigenvalue weighted by Crippen LogP contribution is 2.40. The molecule has 6 heteroatoms. The number of hydrogen-bond donors (Lipinski definition) is 1. The summed E-state index contributed by atoms with van der Waals surface area (Å²) in [5.41, 5.74) is 2.82. The largest absolute Gasteiger partial charge is 0.489 e. The van der Waals surface area contributed by atoms with Crippen LogP contribution in [0.3, 0.4) is 0 Å². The fourth-order valence-electron chi connectivity index (χ4n) is 6.09. The van der Waals surface area contributed by atoms with Gasteiger partial charge in [-0.1, -0.05) is 49.2 Å². The SMILES string of the molecule is Cc1c(CCC(=O)N2CC[C@@]3(O)CCCC[C@H]3C2)c(=O)oc2c(C)c(OC/C=C/c3ccccc3)ccc12. The highest BCUT2D eigenvalue weighted by atomic mass is 16.5. The van der Waals surface area contributed by atoms with Crippen LogP contribution in [0.4, 0.5) is 0 Å². The van der Waals surface area contributed by atoms with Crippen LogP contribution in [0.1, 0.15) is 60.8 Å². The zero-order chi connectivity index (χ0) is 26.7. The number of carbonyl (C=O) groups is 1. The number of rotatable bonds is 7. The molecule has 200 valence electrons. The van der Waals surface area contributed by atoms with Gasteiger partial charge in [0, 0.05) is 41.9 Å². The van der Waals surface area contributed by atoms with Crippen LogP contribution < -0.4 is 10.4 Å². The predicted molar refractivity (Wildman–Crippen MR) is 149 cm³/mol. The van der Waals surface area contributed by atoms with Crippen LogP contribution in [0, 0.1) is 19.8 Å². The van der Waals surface area contributed by atoms with Gasteiger partial charge in [0.25, 0.3) is 0 Å². The Kier molecular flexibility index (Phi) is 7.70. The molecule has 2 heterocycles. The lowest BCUT2D eigenvalue weighted by Gasteiger charge is -2.47. The van der Waals surface area contributed by atoms with Crippen LogP contribution in [-0.2, 0) is 11.2 Å². The second-order valence-corrected chi connectivity index (χ2v) is 10.8. The number of benzene rings is 2. The van der Waals surface area contributed by atoms with E-state index in [4.69, 9.17) is 9.15 Å². The van der Waals surface area contributed by atoms with E-state index < -0.39 is 11.2 Å². The number of aliphatic hydroxyl groups is 1. The summed E-state index contributed by atoms with van der Waals surface area (Å²) in [4.78, 5) is 27.9. The van der Waals surface area contributed by atoms with Gasteiger partial charge in [-0.05, 0) is 68.9 Å². The summed E-state index contributed by atoms with van der Waals surface area (Å²) in [6.45, 7) is 5.42. The third kappa shape index (κ3) is 5.41. The third-order valence-electron chi connectivity index (χ3n) is 8.47. The number of ether oxygens (including phenoxy) is 1. The summed E-state index contributed by atoms with van der Waals surface area (Å²) in [7, 11) is 0. The summed E-state index contributed by atoms with van der Waals surface area (Å²) < 4.78 is 11.7. The maximum Gasteiger partial charge on any atom is 0.339 e. The quantitative estimate of drug-likeness (QED) is 0.415. The van der Waals surface area contributed by atoms with Crippen LogP contribution >= 0.6 is 0 Å². The maximum atomic E-state index is 13.0. The Balaban J connectivity index is 1.25. The number of likely N-dealkylation sites (tertiary alicyclic amines) is 1. The number of piperidine rings is 1. The molecule has 5 rings (SSSR count). The second kappa shape index (κ2) is 11.2.